The van der Waals surface area contributed by atoms with Crippen molar-refractivity contribution in [2.24, 2.45) is 11.3 Å². The Hall–Kier alpha value is -1.26. The zero-order valence-corrected chi connectivity index (χ0v) is 13.3. The highest BCUT2D eigenvalue weighted by atomic mass is 35.5. The standard InChI is InChI=1S/C15H17Cl2NO3/c1-15(2,14(20)21)7-18-13(19)10-6-9(10)8-3-4-11(16)12(17)5-8/h3-5,9-10H,6-7H2,1-2H3,(H,18,19)(H,20,21). The van der Waals surface area contributed by atoms with E-state index in [1.807, 2.05) is 6.07 Å². The Bertz CT molecular complexity index is 586. The van der Waals surface area contributed by atoms with Crippen molar-refractivity contribution in [3.63, 3.8) is 0 Å². The third-order valence-corrected chi connectivity index (χ3v) is 4.52. The fourth-order valence-electron chi connectivity index (χ4n) is 2.11. The van der Waals surface area contributed by atoms with Crippen molar-refractivity contribution in [2.45, 2.75) is 26.2 Å². The number of carboxylic acids is 1. The van der Waals surface area contributed by atoms with Crippen LogP contribution in [0.15, 0.2) is 18.2 Å². The lowest BCUT2D eigenvalue weighted by Crippen LogP contribution is -2.39. The van der Waals surface area contributed by atoms with Crippen molar-refractivity contribution in [3.05, 3.63) is 33.8 Å². The number of carboxylic acid groups (broad SMARTS) is 1. The van der Waals surface area contributed by atoms with Crippen LogP contribution >= 0.6 is 23.2 Å². The summed E-state index contributed by atoms with van der Waals surface area (Å²) in [7, 11) is 0. The Balaban J connectivity index is 1.92. The zero-order valence-electron chi connectivity index (χ0n) is 11.8. The summed E-state index contributed by atoms with van der Waals surface area (Å²) >= 11 is 11.8. The van der Waals surface area contributed by atoms with Gasteiger partial charge in [0.1, 0.15) is 0 Å². The molecule has 2 N–H and O–H groups in total. The Kier molecular flexibility index (Phi) is 4.49. The molecule has 2 rings (SSSR count). The highest BCUT2D eigenvalue weighted by Crippen LogP contribution is 2.48. The molecule has 114 valence electrons. The van der Waals surface area contributed by atoms with E-state index in [1.54, 1.807) is 26.0 Å². The number of halogens is 2. The molecule has 1 aromatic carbocycles. The van der Waals surface area contributed by atoms with E-state index in [-0.39, 0.29) is 24.3 Å². The van der Waals surface area contributed by atoms with Crippen molar-refractivity contribution in [1.29, 1.82) is 0 Å². The molecule has 0 spiro atoms. The summed E-state index contributed by atoms with van der Waals surface area (Å²) in [5.74, 6) is -1.03. The quantitative estimate of drug-likeness (QED) is 0.870. The zero-order chi connectivity index (χ0) is 15.8. The summed E-state index contributed by atoms with van der Waals surface area (Å²) in [5.41, 5.74) is 0.0194. The van der Waals surface area contributed by atoms with Gasteiger partial charge in [0.15, 0.2) is 0 Å². The number of hydrogen-bond acceptors (Lipinski definition) is 2. The number of rotatable bonds is 5. The molecular formula is C15H17Cl2NO3. The van der Waals surface area contributed by atoms with Crippen molar-refractivity contribution in [2.75, 3.05) is 6.54 Å². The molecular weight excluding hydrogens is 313 g/mol. The minimum Gasteiger partial charge on any atom is -0.481 e. The van der Waals surface area contributed by atoms with Crippen LogP contribution in [0.25, 0.3) is 0 Å². The molecule has 0 radical (unpaired) electrons. The molecule has 1 aromatic rings. The number of carbonyl (C=O) groups is 2. The van der Waals surface area contributed by atoms with Crippen LogP contribution in [0.1, 0.15) is 31.7 Å². The maximum atomic E-state index is 12.0. The Labute approximate surface area is 133 Å². The Morgan fingerprint density at radius 2 is 2.00 bits per heavy atom. The lowest BCUT2D eigenvalue weighted by molar-refractivity contribution is -0.146. The molecule has 4 nitrogen and oxygen atoms in total. The van der Waals surface area contributed by atoms with Crippen molar-refractivity contribution >= 4 is 35.1 Å². The van der Waals surface area contributed by atoms with Gasteiger partial charge < -0.3 is 10.4 Å². The first-order valence-corrected chi connectivity index (χ1v) is 7.44. The van der Waals surface area contributed by atoms with Gasteiger partial charge in [-0.2, -0.15) is 0 Å². The topological polar surface area (TPSA) is 66.4 Å². The normalized spacial score (nSPS) is 21.0. The van der Waals surface area contributed by atoms with Crippen LogP contribution < -0.4 is 5.32 Å². The Morgan fingerprint density at radius 1 is 1.33 bits per heavy atom. The fraction of sp³-hybridized carbons (Fsp3) is 0.467. The number of carbonyl (C=O) groups excluding carboxylic acids is 1. The average molecular weight is 330 g/mol. The molecule has 0 saturated heterocycles. The smallest absolute Gasteiger partial charge is 0.310 e. The van der Waals surface area contributed by atoms with Gasteiger partial charge in [0.05, 0.1) is 15.5 Å². The number of amides is 1. The van der Waals surface area contributed by atoms with E-state index in [4.69, 9.17) is 28.3 Å². The molecule has 1 amide bonds. The minimum absolute atomic E-state index is 0.111. The number of nitrogens with one attached hydrogen (secondary N) is 1. The highest BCUT2D eigenvalue weighted by Gasteiger charge is 2.44. The maximum absolute atomic E-state index is 12.0. The van der Waals surface area contributed by atoms with Crippen LogP contribution in [-0.2, 0) is 9.59 Å². The first kappa shape index (κ1) is 16.1. The summed E-state index contributed by atoms with van der Waals surface area (Å²) in [5, 5.41) is 12.7. The number of hydrogen-bond donors (Lipinski definition) is 2. The van der Waals surface area contributed by atoms with Gasteiger partial charge in [-0.15, -0.1) is 0 Å². The van der Waals surface area contributed by atoms with Crippen LogP contribution in [0.3, 0.4) is 0 Å². The largest absolute Gasteiger partial charge is 0.481 e. The summed E-state index contributed by atoms with van der Waals surface area (Å²) in [6.45, 7) is 3.28. The van der Waals surface area contributed by atoms with Gasteiger partial charge in [-0.25, -0.2) is 0 Å². The van der Waals surface area contributed by atoms with E-state index in [1.165, 1.54) is 0 Å². The predicted octanol–water partition coefficient (Wildman–Crippen LogP) is 3.32. The molecule has 0 aliphatic heterocycles. The van der Waals surface area contributed by atoms with Gasteiger partial charge in [-0.05, 0) is 43.9 Å². The van der Waals surface area contributed by atoms with Gasteiger partial charge in [-0.1, -0.05) is 29.3 Å². The van der Waals surface area contributed by atoms with E-state index in [0.717, 1.165) is 12.0 Å². The molecule has 0 heterocycles. The second-order valence-electron chi connectivity index (χ2n) is 6.03. The average Bonchev–Trinajstić information content (AvgIpc) is 3.19. The predicted molar refractivity (Wildman–Crippen MR) is 81.7 cm³/mol. The van der Waals surface area contributed by atoms with Gasteiger partial charge in [0.2, 0.25) is 5.91 Å². The van der Waals surface area contributed by atoms with E-state index >= 15 is 0 Å². The number of benzene rings is 1. The van der Waals surface area contributed by atoms with Crippen molar-refractivity contribution in [3.8, 4) is 0 Å². The molecule has 0 aromatic heterocycles. The second kappa shape index (κ2) is 5.85. The van der Waals surface area contributed by atoms with Gasteiger partial charge >= 0.3 is 5.97 Å². The lowest BCUT2D eigenvalue weighted by Gasteiger charge is -2.19. The fourth-order valence-corrected chi connectivity index (χ4v) is 2.42. The summed E-state index contributed by atoms with van der Waals surface area (Å²) in [6.07, 6.45) is 0.747. The van der Waals surface area contributed by atoms with Gasteiger partial charge in [0.25, 0.3) is 0 Å². The number of aliphatic carboxylic acids is 1. The first-order valence-electron chi connectivity index (χ1n) is 6.68. The second-order valence-corrected chi connectivity index (χ2v) is 6.84. The van der Waals surface area contributed by atoms with E-state index in [0.29, 0.717) is 10.0 Å². The van der Waals surface area contributed by atoms with Crippen LogP contribution in [0.2, 0.25) is 10.0 Å². The molecule has 1 aliphatic carbocycles. The SMILES string of the molecule is CC(C)(CNC(=O)C1CC1c1ccc(Cl)c(Cl)c1)C(=O)O. The minimum atomic E-state index is -0.969. The molecule has 2 atom stereocenters. The van der Waals surface area contributed by atoms with Crippen LogP contribution in [0.5, 0.6) is 0 Å². The third-order valence-electron chi connectivity index (χ3n) is 3.78. The van der Waals surface area contributed by atoms with Crippen molar-refractivity contribution < 1.29 is 14.7 Å². The van der Waals surface area contributed by atoms with Gasteiger partial charge in [0, 0.05) is 12.5 Å². The maximum Gasteiger partial charge on any atom is 0.310 e. The van der Waals surface area contributed by atoms with E-state index in [9.17, 15) is 9.59 Å². The lowest BCUT2D eigenvalue weighted by atomic mass is 9.94. The molecule has 1 fully saturated rings. The Morgan fingerprint density at radius 3 is 2.57 bits per heavy atom. The molecule has 2 unspecified atom stereocenters. The molecule has 21 heavy (non-hydrogen) atoms. The summed E-state index contributed by atoms with van der Waals surface area (Å²) in [4.78, 5) is 23.0. The molecule has 1 aliphatic rings. The highest BCUT2D eigenvalue weighted by molar-refractivity contribution is 6.42. The van der Waals surface area contributed by atoms with Crippen LogP contribution in [0.4, 0.5) is 0 Å². The monoisotopic (exact) mass is 329 g/mol. The van der Waals surface area contributed by atoms with E-state index in [2.05, 4.69) is 5.32 Å². The molecule has 1 saturated carbocycles. The first-order chi connectivity index (χ1) is 9.72. The van der Waals surface area contributed by atoms with Crippen LogP contribution in [0, 0.1) is 11.3 Å². The third kappa shape index (κ3) is 3.69. The molecule has 0 bridgehead atoms. The molecule has 6 heteroatoms. The van der Waals surface area contributed by atoms with Crippen molar-refractivity contribution in [1.82, 2.24) is 5.32 Å². The summed E-state index contributed by atoms with van der Waals surface area (Å²) in [6, 6.07) is 5.37. The van der Waals surface area contributed by atoms with Crippen LogP contribution in [-0.4, -0.2) is 23.5 Å². The van der Waals surface area contributed by atoms with E-state index < -0.39 is 11.4 Å². The summed E-state index contributed by atoms with van der Waals surface area (Å²) < 4.78 is 0. The van der Waals surface area contributed by atoms with Gasteiger partial charge in [-0.3, -0.25) is 9.59 Å².